The fourth-order valence-corrected chi connectivity index (χ4v) is 4.83. The van der Waals surface area contributed by atoms with Crippen LogP contribution in [0.15, 0.2) is 90.5 Å². The largest absolute Gasteiger partial charge is 0.507 e. The summed E-state index contributed by atoms with van der Waals surface area (Å²) in [4.78, 5) is 28.1. The number of carbonyl (C=O) groups is 2. The summed E-state index contributed by atoms with van der Waals surface area (Å²) in [5.41, 5.74) is 1.57. The number of carbonyl (C=O) groups excluding carboxylic acids is 2. The van der Waals surface area contributed by atoms with E-state index in [9.17, 15) is 14.7 Å². The zero-order valence-electron chi connectivity index (χ0n) is 18.5. The normalized spacial score (nSPS) is 17.8. The van der Waals surface area contributed by atoms with Crippen molar-refractivity contribution in [3.8, 4) is 0 Å². The van der Waals surface area contributed by atoms with E-state index in [2.05, 4.69) is 6.92 Å². The SMILES string of the molecule is CCCCN1C(=O)C(=O)/C(=C(/O)c2cccc3ccccc23)C1c1cccc2ccccc12. The lowest BCUT2D eigenvalue weighted by Gasteiger charge is -2.26. The van der Waals surface area contributed by atoms with E-state index in [1.807, 2.05) is 78.9 Å². The molecule has 4 nitrogen and oxygen atoms in total. The summed E-state index contributed by atoms with van der Waals surface area (Å²) < 4.78 is 0. The number of hydrogen-bond acceptors (Lipinski definition) is 3. The molecule has 1 aliphatic rings. The number of likely N-dealkylation sites (tertiary alicyclic amines) is 1. The Bertz CT molecular complexity index is 1410. The van der Waals surface area contributed by atoms with Crippen LogP contribution in [0.5, 0.6) is 0 Å². The second-order valence-electron chi connectivity index (χ2n) is 8.44. The maximum Gasteiger partial charge on any atom is 0.295 e. The molecule has 4 heteroatoms. The molecule has 4 aromatic rings. The van der Waals surface area contributed by atoms with Gasteiger partial charge < -0.3 is 10.0 Å². The third-order valence-corrected chi connectivity index (χ3v) is 6.46. The Balaban J connectivity index is 1.78. The Hall–Kier alpha value is -3.92. The van der Waals surface area contributed by atoms with E-state index in [-0.39, 0.29) is 11.3 Å². The number of fused-ring (bicyclic) bond motifs is 2. The van der Waals surface area contributed by atoms with Gasteiger partial charge in [-0.3, -0.25) is 9.59 Å². The van der Waals surface area contributed by atoms with Gasteiger partial charge in [0.1, 0.15) is 5.76 Å². The van der Waals surface area contributed by atoms with Crippen molar-refractivity contribution in [3.63, 3.8) is 0 Å². The number of benzene rings is 4. The first-order valence-electron chi connectivity index (χ1n) is 11.4. The number of Topliss-reactive ketones (excluding diaryl/α,β-unsaturated/α-hetero) is 1. The molecule has 0 aromatic heterocycles. The summed E-state index contributed by atoms with van der Waals surface area (Å²) in [6.45, 7) is 2.51. The van der Waals surface area contributed by atoms with Gasteiger partial charge in [-0.15, -0.1) is 0 Å². The van der Waals surface area contributed by atoms with Gasteiger partial charge in [0.05, 0.1) is 11.6 Å². The Labute approximate surface area is 192 Å². The van der Waals surface area contributed by atoms with E-state index in [1.165, 1.54) is 0 Å². The first-order valence-corrected chi connectivity index (χ1v) is 11.4. The zero-order chi connectivity index (χ0) is 22.9. The smallest absolute Gasteiger partial charge is 0.295 e. The molecule has 0 spiro atoms. The summed E-state index contributed by atoms with van der Waals surface area (Å²) in [5.74, 6) is -1.31. The number of hydrogen-bond donors (Lipinski definition) is 1. The van der Waals surface area contributed by atoms with Crippen molar-refractivity contribution in [2.24, 2.45) is 0 Å². The van der Waals surface area contributed by atoms with Crippen molar-refractivity contribution in [2.75, 3.05) is 6.54 Å². The Morgan fingerprint density at radius 3 is 2.15 bits per heavy atom. The topological polar surface area (TPSA) is 57.6 Å². The third kappa shape index (κ3) is 3.48. The van der Waals surface area contributed by atoms with E-state index in [1.54, 1.807) is 11.0 Å². The van der Waals surface area contributed by atoms with Crippen LogP contribution in [-0.4, -0.2) is 28.2 Å². The molecular formula is C29H25NO3. The van der Waals surface area contributed by atoms with E-state index in [0.717, 1.165) is 39.9 Å². The van der Waals surface area contributed by atoms with Crippen LogP contribution in [0.3, 0.4) is 0 Å². The van der Waals surface area contributed by atoms with Gasteiger partial charge in [-0.05, 0) is 33.5 Å². The molecule has 1 fully saturated rings. The van der Waals surface area contributed by atoms with Crippen LogP contribution in [0.4, 0.5) is 0 Å². The number of unbranched alkanes of at least 4 members (excludes halogenated alkanes) is 1. The first-order chi connectivity index (χ1) is 16.1. The van der Waals surface area contributed by atoms with Crippen molar-refractivity contribution in [1.29, 1.82) is 0 Å². The molecule has 1 atom stereocenters. The fourth-order valence-electron chi connectivity index (χ4n) is 4.83. The summed E-state index contributed by atoms with van der Waals surface area (Å²) >= 11 is 0. The number of nitrogens with zero attached hydrogens (tertiary/aromatic N) is 1. The van der Waals surface area contributed by atoms with Gasteiger partial charge in [0.15, 0.2) is 0 Å². The van der Waals surface area contributed by atoms with Crippen molar-refractivity contribution in [2.45, 2.75) is 25.8 Å². The molecule has 0 saturated carbocycles. The summed E-state index contributed by atoms with van der Waals surface area (Å²) in [6, 6.07) is 26.6. The van der Waals surface area contributed by atoms with Gasteiger partial charge in [0.25, 0.3) is 11.7 Å². The van der Waals surface area contributed by atoms with E-state index < -0.39 is 17.7 Å². The second kappa shape index (κ2) is 8.55. The summed E-state index contributed by atoms with van der Waals surface area (Å²) in [7, 11) is 0. The molecule has 1 amide bonds. The number of aliphatic hydroxyl groups excluding tert-OH is 1. The number of ketones is 1. The van der Waals surface area contributed by atoms with Crippen LogP contribution in [0.2, 0.25) is 0 Å². The summed E-state index contributed by atoms with van der Waals surface area (Å²) in [6.07, 6.45) is 1.68. The average Bonchev–Trinajstić information content (AvgIpc) is 3.11. The van der Waals surface area contributed by atoms with Crippen molar-refractivity contribution in [3.05, 3.63) is 102 Å². The Morgan fingerprint density at radius 2 is 1.42 bits per heavy atom. The van der Waals surface area contributed by atoms with E-state index in [4.69, 9.17) is 0 Å². The number of aliphatic hydroxyl groups is 1. The molecule has 0 radical (unpaired) electrons. The third-order valence-electron chi connectivity index (χ3n) is 6.46. The second-order valence-corrected chi connectivity index (χ2v) is 8.44. The maximum atomic E-state index is 13.3. The van der Waals surface area contributed by atoms with Crippen molar-refractivity contribution < 1.29 is 14.7 Å². The minimum absolute atomic E-state index is 0.123. The molecule has 0 bridgehead atoms. The van der Waals surface area contributed by atoms with Gasteiger partial charge >= 0.3 is 0 Å². The molecule has 1 aliphatic heterocycles. The highest BCUT2D eigenvalue weighted by atomic mass is 16.3. The lowest BCUT2D eigenvalue weighted by Crippen LogP contribution is -2.30. The molecule has 0 aliphatic carbocycles. The molecule has 1 heterocycles. The maximum absolute atomic E-state index is 13.3. The van der Waals surface area contributed by atoms with Crippen LogP contribution in [0.25, 0.3) is 27.3 Å². The van der Waals surface area contributed by atoms with Crippen LogP contribution in [0, 0.1) is 0 Å². The molecule has 4 aromatic carbocycles. The van der Waals surface area contributed by atoms with Crippen LogP contribution in [-0.2, 0) is 9.59 Å². The monoisotopic (exact) mass is 435 g/mol. The lowest BCUT2D eigenvalue weighted by molar-refractivity contribution is -0.139. The van der Waals surface area contributed by atoms with Crippen molar-refractivity contribution >= 4 is 39.0 Å². The van der Waals surface area contributed by atoms with Crippen LogP contribution < -0.4 is 0 Å². The molecule has 164 valence electrons. The first kappa shape index (κ1) is 21.0. The molecule has 5 rings (SSSR count). The van der Waals surface area contributed by atoms with Crippen molar-refractivity contribution in [1.82, 2.24) is 4.90 Å². The Morgan fingerprint density at radius 1 is 0.818 bits per heavy atom. The quantitative estimate of drug-likeness (QED) is 0.230. The van der Waals surface area contributed by atoms with Crippen LogP contribution >= 0.6 is 0 Å². The predicted octanol–water partition coefficient (Wildman–Crippen LogP) is 6.21. The zero-order valence-corrected chi connectivity index (χ0v) is 18.5. The lowest BCUT2D eigenvalue weighted by atomic mass is 9.90. The van der Waals surface area contributed by atoms with Gasteiger partial charge in [0, 0.05) is 12.1 Å². The fraction of sp³-hybridized carbons (Fsp3) is 0.172. The molecule has 1 unspecified atom stereocenters. The highest BCUT2D eigenvalue weighted by molar-refractivity contribution is 6.46. The van der Waals surface area contributed by atoms with Gasteiger partial charge in [-0.25, -0.2) is 0 Å². The van der Waals surface area contributed by atoms with Gasteiger partial charge in [0.2, 0.25) is 0 Å². The molecule has 1 N–H and O–H groups in total. The molecule has 33 heavy (non-hydrogen) atoms. The van der Waals surface area contributed by atoms with Gasteiger partial charge in [-0.1, -0.05) is 98.3 Å². The summed E-state index contributed by atoms with van der Waals surface area (Å²) in [5, 5.41) is 15.3. The average molecular weight is 436 g/mol. The highest BCUT2D eigenvalue weighted by Crippen LogP contribution is 2.42. The number of amides is 1. The number of rotatable bonds is 5. The minimum Gasteiger partial charge on any atom is -0.507 e. The van der Waals surface area contributed by atoms with Gasteiger partial charge in [-0.2, -0.15) is 0 Å². The highest BCUT2D eigenvalue weighted by Gasteiger charge is 2.46. The van der Waals surface area contributed by atoms with Crippen LogP contribution in [0.1, 0.15) is 36.9 Å². The van der Waals surface area contributed by atoms with E-state index >= 15 is 0 Å². The van der Waals surface area contributed by atoms with E-state index in [0.29, 0.717) is 12.1 Å². The predicted molar refractivity (Wildman–Crippen MR) is 132 cm³/mol. The molecular weight excluding hydrogens is 410 g/mol. The Kier molecular flexibility index (Phi) is 5.43. The standard InChI is InChI=1S/C29H25NO3/c1-2-3-18-30-26(23-16-8-12-19-10-4-6-14-21(19)23)25(28(32)29(30)33)27(31)24-17-9-13-20-11-5-7-15-22(20)24/h4-17,26,31H,2-3,18H2,1H3/b27-25+. The minimum atomic E-state index is -0.637. The molecule has 1 saturated heterocycles.